The number of nitrogens with one attached hydrogen (secondary N) is 3. The second-order valence-corrected chi connectivity index (χ2v) is 6.83. The minimum atomic E-state index is -0.398. The van der Waals surface area contributed by atoms with Crippen molar-refractivity contribution in [1.82, 2.24) is 19.9 Å². The second-order valence-electron chi connectivity index (χ2n) is 5.01. The van der Waals surface area contributed by atoms with Crippen LogP contribution in [0.5, 0.6) is 0 Å². The van der Waals surface area contributed by atoms with Gasteiger partial charge in [0.15, 0.2) is 16.3 Å². The molecule has 0 atom stereocenters. The molecule has 0 radical (unpaired) electrons. The summed E-state index contributed by atoms with van der Waals surface area (Å²) in [5.41, 5.74) is 7.31. The number of aryl methyl sites for hydroxylation is 1. The predicted molar refractivity (Wildman–Crippen MR) is 97.2 cm³/mol. The van der Waals surface area contributed by atoms with Crippen LogP contribution < -0.4 is 16.6 Å². The van der Waals surface area contributed by atoms with Gasteiger partial charge in [-0.2, -0.15) is 4.98 Å². The van der Waals surface area contributed by atoms with Crippen molar-refractivity contribution in [1.29, 1.82) is 0 Å². The van der Waals surface area contributed by atoms with Crippen LogP contribution in [0.4, 0.5) is 11.6 Å². The number of benzene rings is 1. The lowest BCUT2D eigenvalue weighted by atomic mass is 10.2. The van der Waals surface area contributed by atoms with Crippen molar-refractivity contribution in [2.45, 2.75) is 12.1 Å². The third-order valence-corrected chi connectivity index (χ3v) is 4.63. The number of imidazole rings is 1. The number of aromatic nitrogens is 4. The Morgan fingerprint density at radius 3 is 2.92 bits per heavy atom. The Balaban J connectivity index is 1.68. The maximum Gasteiger partial charge on any atom is 0.278 e. The molecule has 0 aliphatic heterocycles. The fourth-order valence-electron chi connectivity index (χ4n) is 2.01. The van der Waals surface area contributed by atoms with Gasteiger partial charge in [0.05, 0.1) is 11.4 Å². The van der Waals surface area contributed by atoms with E-state index in [0.717, 1.165) is 10.0 Å². The highest BCUT2D eigenvalue weighted by Crippen LogP contribution is 2.24. The minimum absolute atomic E-state index is 0.00230. The number of nitrogens with zero attached hydrogens (tertiary/aromatic N) is 2. The first-order chi connectivity index (χ1) is 11.4. The molecule has 0 bridgehead atoms. The van der Waals surface area contributed by atoms with Crippen molar-refractivity contribution >= 4 is 56.4 Å². The molecule has 8 nitrogen and oxygen atoms in total. The van der Waals surface area contributed by atoms with Gasteiger partial charge in [0.2, 0.25) is 11.9 Å². The molecule has 124 valence electrons. The molecular weight excluding hydrogens is 396 g/mol. The van der Waals surface area contributed by atoms with Crippen LogP contribution in [0.3, 0.4) is 0 Å². The van der Waals surface area contributed by atoms with Crippen molar-refractivity contribution in [3.8, 4) is 0 Å². The van der Waals surface area contributed by atoms with E-state index >= 15 is 0 Å². The molecule has 24 heavy (non-hydrogen) atoms. The lowest BCUT2D eigenvalue weighted by Gasteiger charge is -2.07. The van der Waals surface area contributed by atoms with Crippen molar-refractivity contribution in [2.24, 2.45) is 0 Å². The molecule has 0 fully saturated rings. The molecule has 2 heterocycles. The van der Waals surface area contributed by atoms with Crippen LogP contribution in [-0.2, 0) is 4.79 Å². The fraction of sp³-hybridized carbons (Fsp3) is 0.143. The van der Waals surface area contributed by atoms with Crippen LogP contribution in [0, 0.1) is 6.92 Å². The highest BCUT2D eigenvalue weighted by Gasteiger charge is 2.12. The van der Waals surface area contributed by atoms with E-state index in [9.17, 15) is 9.59 Å². The zero-order chi connectivity index (χ0) is 17.3. The van der Waals surface area contributed by atoms with Gasteiger partial charge in [-0.1, -0.05) is 17.8 Å². The molecule has 1 amide bonds. The molecule has 3 rings (SSSR count). The van der Waals surface area contributed by atoms with Crippen molar-refractivity contribution in [3.63, 3.8) is 0 Å². The van der Waals surface area contributed by atoms with Crippen LogP contribution in [0.25, 0.3) is 11.2 Å². The van der Waals surface area contributed by atoms with Crippen LogP contribution in [-0.4, -0.2) is 31.6 Å². The summed E-state index contributed by atoms with van der Waals surface area (Å²) < 4.78 is 0.816. The van der Waals surface area contributed by atoms with E-state index in [-0.39, 0.29) is 28.8 Å². The number of amides is 1. The summed E-state index contributed by atoms with van der Waals surface area (Å²) in [6.45, 7) is 1.97. The van der Waals surface area contributed by atoms with Gasteiger partial charge in [-0.05, 0) is 40.5 Å². The van der Waals surface area contributed by atoms with Crippen molar-refractivity contribution < 1.29 is 4.79 Å². The van der Waals surface area contributed by atoms with Crippen LogP contribution in [0.2, 0.25) is 0 Å². The SMILES string of the molecule is Cc1ccc(NC(=O)CSc2nc3nc(N)[nH]c(=O)c3[nH]2)c(Br)c1. The van der Waals surface area contributed by atoms with E-state index < -0.39 is 5.56 Å². The van der Waals surface area contributed by atoms with E-state index in [1.165, 1.54) is 11.8 Å². The molecule has 2 aromatic heterocycles. The molecule has 3 aromatic rings. The van der Waals surface area contributed by atoms with Crippen molar-refractivity contribution in [3.05, 3.63) is 38.6 Å². The Morgan fingerprint density at radius 1 is 1.38 bits per heavy atom. The van der Waals surface area contributed by atoms with Gasteiger partial charge in [0, 0.05) is 4.47 Å². The average molecular weight is 409 g/mol. The van der Waals surface area contributed by atoms with Crippen LogP contribution in [0.1, 0.15) is 5.56 Å². The smallest absolute Gasteiger partial charge is 0.278 e. The quantitative estimate of drug-likeness (QED) is 0.488. The molecule has 10 heteroatoms. The zero-order valence-corrected chi connectivity index (χ0v) is 14.9. The molecule has 1 aromatic carbocycles. The highest BCUT2D eigenvalue weighted by atomic mass is 79.9. The zero-order valence-electron chi connectivity index (χ0n) is 12.5. The molecule has 5 N–H and O–H groups in total. The third kappa shape index (κ3) is 3.60. The van der Waals surface area contributed by atoms with E-state index in [4.69, 9.17) is 5.73 Å². The van der Waals surface area contributed by atoms with Crippen LogP contribution >= 0.6 is 27.7 Å². The Hall–Kier alpha value is -2.33. The summed E-state index contributed by atoms with van der Waals surface area (Å²) in [6.07, 6.45) is 0. The predicted octanol–water partition coefficient (Wildman–Crippen LogP) is 2.03. The number of rotatable bonds is 4. The highest BCUT2D eigenvalue weighted by molar-refractivity contribution is 9.10. The number of hydrogen-bond donors (Lipinski definition) is 4. The number of nitrogens with two attached hydrogens (primary N) is 1. The number of H-pyrrole nitrogens is 2. The number of nitrogen functional groups attached to an aromatic ring is 1. The number of thioether (sulfide) groups is 1. The number of carbonyl (C=O) groups is 1. The van der Waals surface area contributed by atoms with E-state index in [2.05, 4.69) is 41.2 Å². The monoisotopic (exact) mass is 408 g/mol. The third-order valence-electron chi connectivity index (χ3n) is 3.10. The Labute approximate surface area is 148 Å². The first-order valence-corrected chi connectivity index (χ1v) is 8.64. The minimum Gasteiger partial charge on any atom is -0.369 e. The van der Waals surface area contributed by atoms with E-state index in [1.54, 1.807) is 0 Å². The van der Waals surface area contributed by atoms with E-state index in [1.807, 2.05) is 25.1 Å². The summed E-state index contributed by atoms with van der Waals surface area (Å²) in [6, 6.07) is 5.66. The Kier molecular flexibility index (Phi) is 4.58. The lowest BCUT2D eigenvalue weighted by Crippen LogP contribution is -2.14. The van der Waals surface area contributed by atoms with Gasteiger partial charge < -0.3 is 16.0 Å². The molecule has 0 saturated heterocycles. The van der Waals surface area contributed by atoms with Gasteiger partial charge in [0.1, 0.15) is 0 Å². The Morgan fingerprint density at radius 2 is 2.17 bits per heavy atom. The van der Waals surface area contributed by atoms with Crippen molar-refractivity contribution in [2.75, 3.05) is 16.8 Å². The maximum atomic E-state index is 12.1. The van der Waals surface area contributed by atoms with Gasteiger partial charge in [0.25, 0.3) is 5.56 Å². The topological polar surface area (TPSA) is 130 Å². The summed E-state index contributed by atoms with van der Waals surface area (Å²) in [5, 5.41) is 3.23. The second kappa shape index (κ2) is 6.65. The largest absolute Gasteiger partial charge is 0.369 e. The van der Waals surface area contributed by atoms with E-state index in [0.29, 0.717) is 10.8 Å². The number of aromatic amines is 2. The molecule has 0 aliphatic rings. The first kappa shape index (κ1) is 16.5. The van der Waals surface area contributed by atoms with Gasteiger partial charge in [-0.15, -0.1) is 0 Å². The molecule has 0 unspecified atom stereocenters. The summed E-state index contributed by atoms with van der Waals surface area (Å²) in [4.78, 5) is 37.1. The summed E-state index contributed by atoms with van der Waals surface area (Å²) in [5.74, 6) is -0.0584. The summed E-state index contributed by atoms with van der Waals surface area (Å²) in [7, 11) is 0. The van der Waals surface area contributed by atoms with Gasteiger partial charge >= 0.3 is 0 Å². The molecule has 0 saturated carbocycles. The van der Waals surface area contributed by atoms with Crippen LogP contribution in [0.15, 0.2) is 32.6 Å². The number of hydrogen-bond acceptors (Lipinski definition) is 6. The number of carbonyl (C=O) groups excluding carboxylic acids is 1. The standard InChI is InChI=1S/C14H13BrN6O2S/c1-6-2-3-8(7(15)4-6)17-9(22)5-24-14-18-10-11(20-14)19-13(16)21-12(10)23/h2-4H,5H2,1H3,(H,17,22)(H4,16,18,19,20,21,23). The average Bonchev–Trinajstić information content (AvgIpc) is 2.91. The van der Waals surface area contributed by atoms with Gasteiger partial charge in [-0.3, -0.25) is 14.6 Å². The normalized spacial score (nSPS) is 10.9. The number of halogens is 1. The lowest BCUT2D eigenvalue weighted by molar-refractivity contribution is -0.113. The summed E-state index contributed by atoms with van der Waals surface area (Å²) >= 11 is 4.58. The first-order valence-electron chi connectivity index (χ1n) is 6.86. The molecule has 0 spiro atoms. The molecular formula is C14H13BrN6O2S. The Bertz CT molecular complexity index is 983. The van der Waals surface area contributed by atoms with Gasteiger partial charge in [-0.25, -0.2) is 4.98 Å². The number of fused-ring (bicyclic) bond motifs is 1. The molecule has 0 aliphatic carbocycles. The number of anilines is 2. The fourth-order valence-corrected chi connectivity index (χ4v) is 3.27. The maximum absolute atomic E-state index is 12.1.